The van der Waals surface area contributed by atoms with Crippen molar-refractivity contribution in [3.63, 3.8) is 0 Å². The first kappa shape index (κ1) is 7.46. The quantitative estimate of drug-likeness (QED) is 0.606. The van der Waals surface area contributed by atoms with Crippen LogP contribution in [0.25, 0.3) is 0 Å². The van der Waals surface area contributed by atoms with E-state index in [2.05, 4.69) is 10.3 Å². The molecule has 64 valence electrons. The summed E-state index contributed by atoms with van der Waals surface area (Å²) in [5.41, 5.74) is 1.08. The number of rotatable bonds is 1. The fourth-order valence-electron chi connectivity index (χ4n) is 1.60. The summed E-state index contributed by atoms with van der Waals surface area (Å²) in [6.45, 7) is 2.49. The standard InChI is InChI=1S/C8H11N3O/c1-6(12)7-2-3-11-8(4-7)5-9-10-11/h5,7H,2-4H2,1H3. The number of Topliss-reactive ketones (excluding diaryl/α,β-unsaturated/α-hetero) is 1. The van der Waals surface area contributed by atoms with Crippen LogP contribution in [0, 0.1) is 5.92 Å². The number of aromatic nitrogens is 3. The Morgan fingerprint density at radius 3 is 3.33 bits per heavy atom. The Morgan fingerprint density at radius 2 is 2.58 bits per heavy atom. The van der Waals surface area contributed by atoms with Crippen LogP contribution in [0.5, 0.6) is 0 Å². The van der Waals surface area contributed by atoms with Crippen LogP contribution in [0.1, 0.15) is 19.0 Å². The van der Waals surface area contributed by atoms with E-state index in [0.29, 0.717) is 0 Å². The molecular formula is C8H11N3O. The normalized spacial score (nSPS) is 21.9. The third-order valence-electron chi connectivity index (χ3n) is 2.42. The van der Waals surface area contributed by atoms with E-state index in [1.807, 2.05) is 4.68 Å². The number of hydrogen-bond acceptors (Lipinski definition) is 3. The second-order valence-corrected chi connectivity index (χ2v) is 3.25. The van der Waals surface area contributed by atoms with Gasteiger partial charge < -0.3 is 0 Å². The van der Waals surface area contributed by atoms with E-state index in [4.69, 9.17) is 0 Å². The molecule has 0 spiro atoms. The van der Waals surface area contributed by atoms with E-state index in [-0.39, 0.29) is 11.7 Å². The highest BCUT2D eigenvalue weighted by Crippen LogP contribution is 2.18. The van der Waals surface area contributed by atoms with Gasteiger partial charge in [0.25, 0.3) is 0 Å². The van der Waals surface area contributed by atoms with Crippen molar-refractivity contribution in [1.82, 2.24) is 15.0 Å². The summed E-state index contributed by atoms with van der Waals surface area (Å²) in [7, 11) is 0. The zero-order chi connectivity index (χ0) is 8.55. The van der Waals surface area contributed by atoms with Gasteiger partial charge in [0.05, 0.1) is 11.9 Å². The highest BCUT2D eigenvalue weighted by atomic mass is 16.1. The van der Waals surface area contributed by atoms with Crippen LogP contribution in [0.3, 0.4) is 0 Å². The fourth-order valence-corrected chi connectivity index (χ4v) is 1.60. The van der Waals surface area contributed by atoms with Gasteiger partial charge in [-0.05, 0) is 13.3 Å². The Labute approximate surface area is 70.6 Å². The van der Waals surface area contributed by atoms with Gasteiger partial charge >= 0.3 is 0 Å². The maximum atomic E-state index is 11.1. The molecule has 1 aliphatic heterocycles. The zero-order valence-corrected chi connectivity index (χ0v) is 7.03. The maximum Gasteiger partial charge on any atom is 0.133 e. The van der Waals surface area contributed by atoms with E-state index in [1.54, 1.807) is 13.1 Å². The maximum absolute atomic E-state index is 11.1. The lowest BCUT2D eigenvalue weighted by atomic mass is 9.93. The fraction of sp³-hybridized carbons (Fsp3) is 0.625. The van der Waals surface area contributed by atoms with E-state index in [0.717, 1.165) is 25.1 Å². The number of aryl methyl sites for hydroxylation is 1. The molecule has 0 amide bonds. The van der Waals surface area contributed by atoms with Gasteiger partial charge in [0, 0.05) is 18.9 Å². The number of nitrogens with zero attached hydrogens (tertiary/aromatic N) is 3. The van der Waals surface area contributed by atoms with Crippen LogP contribution >= 0.6 is 0 Å². The summed E-state index contributed by atoms with van der Waals surface area (Å²) in [5.74, 6) is 0.471. The first-order valence-corrected chi connectivity index (χ1v) is 4.15. The summed E-state index contributed by atoms with van der Waals surface area (Å²) in [6.07, 6.45) is 3.46. The highest BCUT2D eigenvalue weighted by Gasteiger charge is 2.22. The molecule has 4 heteroatoms. The predicted octanol–water partition coefficient (Wildman–Crippen LogP) is 0.429. The Morgan fingerprint density at radius 1 is 1.75 bits per heavy atom. The van der Waals surface area contributed by atoms with Crippen LogP contribution in [-0.4, -0.2) is 20.8 Å². The largest absolute Gasteiger partial charge is 0.300 e. The molecule has 1 aromatic heterocycles. The minimum absolute atomic E-state index is 0.191. The van der Waals surface area contributed by atoms with E-state index < -0.39 is 0 Å². The van der Waals surface area contributed by atoms with Gasteiger partial charge in [0.2, 0.25) is 0 Å². The van der Waals surface area contributed by atoms with E-state index in [1.165, 1.54) is 0 Å². The van der Waals surface area contributed by atoms with Gasteiger partial charge in [0.15, 0.2) is 0 Å². The van der Waals surface area contributed by atoms with E-state index in [9.17, 15) is 4.79 Å². The number of fused-ring (bicyclic) bond motifs is 1. The zero-order valence-electron chi connectivity index (χ0n) is 7.03. The SMILES string of the molecule is CC(=O)C1CCn2nncc2C1. The minimum Gasteiger partial charge on any atom is -0.300 e. The van der Waals surface area contributed by atoms with Gasteiger partial charge in [-0.25, -0.2) is 4.68 Å². The molecule has 12 heavy (non-hydrogen) atoms. The molecule has 1 unspecified atom stereocenters. The third kappa shape index (κ3) is 1.13. The molecule has 0 N–H and O–H groups in total. The van der Waals surface area contributed by atoms with Crippen molar-refractivity contribution in [3.8, 4) is 0 Å². The smallest absolute Gasteiger partial charge is 0.133 e. The van der Waals surface area contributed by atoms with Crippen LogP contribution < -0.4 is 0 Å². The Kier molecular flexibility index (Phi) is 1.67. The molecule has 0 radical (unpaired) electrons. The molecule has 2 heterocycles. The van der Waals surface area contributed by atoms with Crippen molar-refractivity contribution in [3.05, 3.63) is 11.9 Å². The molecule has 0 aromatic carbocycles. The third-order valence-corrected chi connectivity index (χ3v) is 2.42. The minimum atomic E-state index is 0.191. The summed E-state index contributed by atoms with van der Waals surface area (Å²) >= 11 is 0. The van der Waals surface area contributed by atoms with Crippen molar-refractivity contribution in [2.24, 2.45) is 5.92 Å². The van der Waals surface area contributed by atoms with Gasteiger partial charge in [-0.2, -0.15) is 0 Å². The monoisotopic (exact) mass is 165 g/mol. The first-order chi connectivity index (χ1) is 5.77. The number of hydrogen-bond donors (Lipinski definition) is 0. The Balaban J connectivity index is 2.20. The van der Waals surface area contributed by atoms with Crippen LogP contribution in [0.2, 0.25) is 0 Å². The summed E-state index contributed by atoms with van der Waals surface area (Å²) in [5, 5.41) is 7.71. The van der Waals surface area contributed by atoms with Crippen molar-refractivity contribution in [2.75, 3.05) is 0 Å². The van der Waals surface area contributed by atoms with E-state index >= 15 is 0 Å². The highest BCUT2D eigenvalue weighted by molar-refractivity contribution is 5.78. The molecule has 0 aliphatic carbocycles. The van der Waals surface area contributed by atoms with Crippen molar-refractivity contribution >= 4 is 5.78 Å². The molecule has 1 aliphatic rings. The molecule has 0 bridgehead atoms. The van der Waals surface area contributed by atoms with Gasteiger partial charge in [-0.15, -0.1) is 5.10 Å². The molecule has 0 saturated heterocycles. The molecular weight excluding hydrogens is 154 g/mol. The van der Waals surface area contributed by atoms with Gasteiger partial charge in [-0.1, -0.05) is 5.21 Å². The molecule has 1 aromatic rings. The summed E-state index contributed by atoms with van der Waals surface area (Å²) < 4.78 is 1.87. The predicted molar refractivity (Wildman–Crippen MR) is 42.5 cm³/mol. The lowest BCUT2D eigenvalue weighted by Gasteiger charge is -2.19. The Hall–Kier alpha value is -1.19. The first-order valence-electron chi connectivity index (χ1n) is 4.15. The average Bonchev–Trinajstić information content (AvgIpc) is 2.49. The molecule has 1 atom stereocenters. The van der Waals surface area contributed by atoms with Gasteiger partial charge in [-0.3, -0.25) is 4.79 Å². The molecule has 2 rings (SSSR count). The Bertz CT molecular complexity index is 305. The second kappa shape index (κ2) is 2.69. The van der Waals surface area contributed by atoms with Gasteiger partial charge in [0.1, 0.15) is 5.78 Å². The number of carbonyl (C=O) groups is 1. The molecule has 0 fully saturated rings. The molecule has 4 nitrogen and oxygen atoms in total. The number of ketones is 1. The second-order valence-electron chi connectivity index (χ2n) is 3.25. The average molecular weight is 165 g/mol. The van der Waals surface area contributed by atoms with Crippen molar-refractivity contribution in [2.45, 2.75) is 26.3 Å². The lowest BCUT2D eigenvalue weighted by molar-refractivity contribution is -0.121. The summed E-state index contributed by atoms with van der Waals surface area (Å²) in [6, 6.07) is 0. The van der Waals surface area contributed by atoms with Crippen LogP contribution in [-0.2, 0) is 17.8 Å². The lowest BCUT2D eigenvalue weighted by Crippen LogP contribution is -2.24. The van der Waals surface area contributed by atoms with Crippen molar-refractivity contribution < 1.29 is 4.79 Å². The topological polar surface area (TPSA) is 47.8 Å². The molecule has 0 saturated carbocycles. The van der Waals surface area contributed by atoms with Crippen LogP contribution in [0.15, 0.2) is 6.20 Å². The number of carbonyl (C=O) groups excluding carboxylic acids is 1. The van der Waals surface area contributed by atoms with Crippen LogP contribution in [0.4, 0.5) is 0 Å². The van der Waals surface area contributed by atoms with Crippen molar-refractivity contribution in [1.29, 1.82) is 0 Å². The summed E-state index contributed by atoms with van der Waals surface area (Å²) in [4.78, 5) is 11.1.